The topological polar surface area (TPSA) is 42.2 Å². The summed E-state index contributed by atoms with van der Waals surface area (Å²) in [6.07, 6.45) is 6.42. The van der Waals surface area contributed by atoms with Gasteiger partial charge in [-0.2, -0.15) is 0 Å². The second kappa shape index (κ2) is 4.72. The molecule has 3 nitrogen and oxygen atoms in total. The standard InChI is InChI=1S/C16H19NO2/c1-17-10-13(12-8-4-5-9-14(12)17)15(16(18)19)11-6-2-3-7-11/h4-5,8-11,15H,2-3,6-7H2,1H3,(H,18,19). The minimum atomic E-state index is -0.678. The summed E-state index contributed by atoms with van der Waals surface area (Å²) < 4.78 is 2.04. The van der Waals surface area contributed by atoms with Crippen LogP contribution in [-0.2, 0) is 11.8 Å². The number of rotatable bonds is 3. The number of carboxylic acids is 1. The normalized spacial score (nSPS) is 17.9. The number of hydrogen-bond donors (Lipinski definition) is 1. The van der Waals surface area contributed by atoms with E-state index in [1.54, 1.807) is 0 Å². The predicted molar refractivity (Wildman–Crippen MR) is 75.3 cm³/mol. The van der Waals surface area contributed by atoms with Crippen LogP contribution >= 0.6 is 0 Å². The number of aryl methyl sites for hydroxylation is 1. The summed E-state index contributed by atoms with van der Waals surface area (Å²) in [5.41, 5.74) is 2.10. The summed E-state index contributed by atoms with van der Waals surface area (Å²) >= 11 is 0. The van der Waals surface area contributed by atoms with Crippen molar-refractivity contribution in [3.8, 4) is 0 Å². The van der Waals surface area contributed by atoms with Crippen LogP contribution in [0.15, 0.2) is 30.5 Å². The van der Waals surface area contributed by atoms with E-state index >= 15 is 0 Å². The smallest absolute Gasteiger partial charge is 0.311 e. The fourth-order valence-electron chi connectivity index (χ4n) is 3.50. The molecule has 1 saturated carbocycles. The third-order valence-corrected chi connectivity index (χ3v) is 4.40. The van der Waals surface area contributed by atoms with E-state index in [1.165, 1.54) is 12.8 Å². The van der Waals surface area contributed by atoms with Crippen LogP contribution in [0.25, 0.3) is 10.9 Å². The van der Waals surface area contributed by atoms with Crippen LogP contribution in [0.3, 0.4) is 0 Å². The van der Waals surface area contributed by atoms with Gasteiger partial charge in [-0.3, -0.25) is 4.79 Å². The largest absolute Gasteiger partial charge is 0.481 e. The quantitative estimate of drug-likeness (QED) is 0.913. The molecule has 0 spiro atoms. The second-order valence-corrected chi connectivity index (χ2v) is 5.57. The number of benzene rings is 1. The molecule has 1 atom stereocenters. The molecule has 0 radical (unpaired) electrons. The highest BCUT2D eigenvalue weighted by Gasteiger charge is 2.33. The summed E-state index contributed by atoms with van der Waals surface area (Å²) in [7, 11) is 1.99. The van der Waals surface area contributed by atoms with E-state index in [1.807, 2.05) is 42.1 Å². The van der Waals surface area contributed by atoms with Crippen molar-refractivity contribution in [3.63, 3.8) is 0 Å². The van der Waals surface area contributed by atoms with Gasteiger partial charge in [-0.05, 0) is 30.4 Å². The Bertz CT molecular complexity index is 608. The van der Waals surface area contributed by atoms with Crippen LogP contribution in [0.4, 0.5) is 0 Å². The first-order valence-corrected chi connectivity index (χ1v) is 6.95. The van der Waals surface area contributed by atoms with E-state index in [0.717, 1.165) is 29.3 Å². The zero-order valence-electron chi connectivity index (χ0n) is 11.2. The number of carboxylic acid groups (broad SMARTS) is 1. The Morgan fingerprint density at radius 2 is 2.00 bits per heavy atom. The molecular formula is C16H19NO2. The monoisotopic (exact) mass is 257 g/mol. The van der Waals surface area contributed by atoms with E-state index < -0.39 is 5.97 Å². The SMILES string of the molecule is Cn1cc(C(C(=O)O)C2CCCC2)c2ccccc21. The van der Waals surface area contributed by atoms with Gasteiger partial charge in [0.1, 0.15) is 0 Å². The van der Waals surface area contributed by atoms with Gasteiger partial charge in [-0.15, -0.1) is 0 Å². The average Bonchev–Trinajstić information content (AvgIpc) is 3.00. The van der Waals surface area contributed by atoms with Gasteiger partial charge in [0.15, 0.2) is 0 Å². The Hall–Kier alpha value is -1.77. The van der Waals surface area contributed by atoms with Crippen LogP contribution in [0.2, 0.25) is 0 Å². The van der Waals surface area contributed by atoms with Gasteiger partial charge < -0.3 is 9.67 Å². The van der Waals surface area contributed by atoms with Crippen LogP contribution < -0.4 is 0 Å². The Labute approximate surface area is 112 Å². The molecule has 1 fully saturated rings. The first-order valence-electron chi connectivity index (χ1n) is 6.95. The Morgan fingerprint density at radius 1 is 1.32 bits per heavy atom. The van der Waals surface area contributed by atoms with Crippen LogP contribution in [0.5, 0.6) is 0 Å². The number of carbonyl (C=O) groups is 1. The Kier molecular flexibility index (Phi) is 3.05. The van der Waals surface area contributed by atoms with E-state index in [0.29, 0.717) is 5.92 Å². The highest BCUT2D eigenvalue weighted by molar-refractivity contribution is 5.90. The molecule has 2 aromatic rings. The van der Waals surface area contributed by atoms with Gasteiger partial charge in [0.2, 0.25) is 0 Å². The maximum Gasteiger partial charge on any atom is 0.311 e. The lowest BCUT2D eigenvalue weighted by atomic mass is 9.85. The van der Waals surface area contributed by atoms with Crippen molar-refractivity contribution < 1.29 is 9.90 Å². The summed E-state index contributed by atoms with van der Waals surface area (Å²) in [5.74, 6) is -0.736. The fourth-order valence-corrected chi connectivity index (χ4v) is 3.50. The van der Waals surface area contributed by atoms with Crippen molar-refractivity contribution in [2.75, 3.05) is 0 Å². The summed E-state index contributed by atoms with van der Waals surface area (Å²) in [5, 5.41) is 10.7. The lowest BCUT2D eigenvalue weighted by Gasteiger charge is -2.18. The molecule has 0 aliphatic heterocycles. The van der Waals surface area contributed by atoms with Crippen LogP contribution in [0.1, 0.15) is 37.2 Å². The minimum Gasteiger partial charge on any atom is -0.481 e. The van der Waals surface area contributed by atoms with Gasteiger partial charge >= 0.3 is 5.97 Å². The number of nitrogens with zero attached hydrogens (tertiary/aromatic N) is 1. The molecule has 1 aromatic heterocycles. The van der Waals surface area contributed by atoms with Crippen molar-refractivity contribution in [1.82, 2.24) is 4.57 Å². The molecule has 1 N–H and O–H groups in total. The number of aromatic nitrogens is 1. The Balaban J connectivity index is 2.12. The molecular weight excluding hydrogens is 238 g/mol. The number of aliphatic carboxylic acids is 1. The third kappa shape index (κ3) is 2.03. The Morgan fingerprint density at radius 3 is 2.68 bits per heavy atom. The molecule has 1 aliphatic carbocycles. The van der Waals surface area contributed by atoms with Gasteiger partial charge in [0.05, 0.1) is 5.92 Å². The lowest BCUT2D eigenvalue weighted by molar-refractivity contribution is -0.140. The van der Waals surface area contributed by atoms with Gasteiger partial charge in [0, 0.05) is 24.1 Å². The van der Waals surface area contributed by atoms with Gasteiger partial charge in [0.25, 0.3) is 0 Å². The van der Waals surface area contributed by atoms with Gasteiger partial charge in [-0.1, -0.05) is 31.0 Å². The first kappa shape index (κ1) is 12.3. The molecule has 0 bridgehead atoms. The number of fused-ring (bicyclic) bond motifs is 1. The maximum absolute atomic E-state index is 11.7. The fraction of sp³-hybridized carbons (Fsp3) is 0.438. The molecule has 1 unspecified atom stereocenters. The van der Waals surface area contributed by atoms with Crippen LogP contribution in [-0.4, -0.2) is 15.6 Å². The molecule has 1 aromatic carbocycles. The molecule has 19 heavy (non-hydrogen) atoms. The van der Waals surface area contributed by atoms with E-state index in [2.05, 4.69) is 0 Å². The van der Waals surface area contributed by atoms with Gasteiger partial charge in [-0.25, -0.2) is 0 Å². The maximum atomic E-state index is 11.7. The zero-order chi connectivity index (χ0) is 13.4. The van der Waals surface area contributed by atoms with Crippen molar-refractivity contribution >= 4 is 16.9 Å². The van der Waals surface area contributed by atoms with Crippen molar-refractivity contribution in [2.24, 2.45) is 13.0 Å². The summed E-state index contributed by atoms with van der Waals surface area (Å²) in [6.45, 7) is 0. The van der Waals surface area contributed by atoms with Crippen molar-refractivity contribution in [1.29, 1.82) is 0 Å². The first-order chi connectivity index (χ1) is 9.18. The highest BCUT2D eigenvalue weighted by atomic mass is 16.4. The third-order valence-electron chi connectivity index (χ3n) is 4.40. The molecule has 0 amide bonds. The molecule has 1 aliphatic rings. The number of para-hydroxylation sites is 1. The molecule has 1 heterocycles. The summed E-state index contributed by atoms with van der Waals surface area (Å²) in [6, 6.07) is 8.07. The lowest BCUT2D eigenvalue weighted by Crippen LogP contribution is -2.19. The second-order valence-electron chi connectivity index (χ2n) is 5.57. The minimum absolute atomic E-state index is 0.295. The van der Waals surface area contributed by atoms with Crippen molar-refractivity contribution in [2.45, 2.75) is 31.6 Å². The zero-order valence-corrected chi connectivity index (χ0v) is 11.2. The molecule has 100 valence electrons. The predicted octanol–water partition coefficient (Wildman–Crippen LogP) is 3.54. The van der Waals surface area contributed by atoms with E-state index in [-0.39, 0.29) is 5.92 Å². The molecule has 3 heteroatoms. The van der Waals surface area contributed by atoms with Crippen molar-refractivity contribution in [3.05, 3.63) is 36.0 Å². The molecule has 3 rings (SSSR count). The molecule has 0 saturated heterocycles. The van der Waals surface area contributed by atoms with E-state index in [4.69, 9.17) is 0 Å². The average molecular weight is 257 g/mol. The van der Waals surface area contributed by atoms with E-state index in [9.17, 15) is 9.90 Å². The van der Waals surface area contributed by atoms with Crippen LogP contribution in [0, 0.1) is 5.92 Å². The highest BCUT2D eigenvalue weighted by Crippen LogP contribution is 2.40. The number of hydrogen-bond acceptors (Lipinski definition) is 1. The summed E-state index contributed by atoms with van der Waals surface area (Å²) in [4.78, 5) is 11.7.